The van der Waals surface area contributed by atoms with Crippen LogP contribution < -0.4 is 4.90 Å². The van der Waals surface area contributed by atoms with E-state index in [4.69, 9.17) is 9.72 Å². The monoisotopic (exact) mass is 301 g/mol. The molecule has 0 spiro atoms. The van der Waals surface area contributed by atoms with Gasteiger partial charge in [0.1, 0.15) is 6.73 Å². The van der Waals surface area contributed by atoms with Crippen LogP contribution in [0.3, 0.4) is 0 Å². The summed E-state index contributed by atoms with van der Waals surface area (Å²) in [6, 6.07) is 14.7. The first-order chi connectivity index (χ1) is 11.3. The van der Waals surface area contributed by atoms with Gasteiger partial charge < -0.3 is 9.64 Å². The summed E-state index contributed by atoms with van der Waals surface area (Å²) in [5.41, 5.74) is 5.38. The lowest BCUT2D eigenvalue weighted by Crippen LogP contribution is -2.26. The van der Waals surface area contributed by atoms with Crippen LogP contribution >= 0.6 is 0 Å². The van der Waals surface area contributed by atoms with Gasteiger partial charge in [0.15, 0.2) is 0 Å². The minimum Gasteiger partial charge on any atom is -0.356 e. The van der Waals surface area contributed by atoms with Crippen molar-refractivity contribution in [2.24, 2.45) is 0 Å². The molecule has 0 aliphatic carbocycles. The summed E-state index contributed by atoms with van der Waals surface area (Å²) in [6.07, 6.45) is 1.82. The van der Waals surface area contributed by atoms with E-state index in [1.807, 2.05) is 19.3 Å². The molecule has 5 rings (SSSR count). The standard InChI is InChI=1S/C19H15N3O/c1-22-11-23-10-15-17(22)7-5-13-9-12-4-6-16-14(3-2-8-20-16)18(12)21-19(13)15/h2-9H,10-11H2,1H3. The second-order valence-electron chi connectivity index (χ2n) is 6.01. The fraction of sp³-hybridized carbons (Fsp3) is 0.158. The summed E-state index contributed by atoms with van der Waals surface area (Å²) in [4.78, 5) is 11.6. The van der Waals surface area contributed by atoms with Crippen LogP contribution in [0.5, 0.6) is 0 Å². The number of rotatable bonds is 0. The second-order valence-corrected chi connectivity index (χ2v) is 6.01. The summed E-state index contributed by atoms with van der Waals surface area (Å²) in [7, 11) is 2.05. The largest absolute Gasteiger partial charge is 0.356 e. The number of benzene rings is 2. The first-order valence-electron chi connectivity index (χ1n) is 7.70. The zero-order valence-corrected chi connectivity index (χ0v) is 12.8. The molecule has 0 atom stereocenters. The summed E-state index contributed by atoms with van der Waals surface area (Å²) in [5, 5.41) is 3.39. The molecule has 0 N–H and O–H groups in total. The fourth-order valence-corrected chi connectivity index (χ4v) is 3.42. The quantitative estimate of drug-likeness (QED) is 0.365. The van der Waals surface area contributed by atoms with Crippen molar-refractivity contribution in [1.29, 1.82) is 0 Å². The number of hydrogen-bond acceptors (Lipinski definition) is 4. The number of anilines is 1. The molecule has 0 bridgehead atoms. The molecule has 0 saturated carbocycles. The summed E-state index contributed by atoms with van der Waals surface area (Å²) in [6.45, 7) is 1.23. The molecule has 1 aliphatic rings. The number of ether oxygens (including phenoxy) is 1. The van der Waals surface area contributed by atoms with Crippen molar-refractivity contribution in [3.8, 4) is 0 Å². The van der Waals surface area contributed by atoms with Crippen molar-refractivity contribution in [3.05, 3.63) is 54.2 Å². The maximum atomic E-state index is 5.69. The van der Waals surface area contributed by atoms with Crippen molar-refractivity contribution < 1.29 is 4.74 Å². The van der Waals surface area contributed by atoms with Crippen molar-refractivity contribution >= 4 is 38.4 Å². The van der Waals surface area contributed by atoms with Crippen LogP contribution in [0.15, 0.2) is 48.7 Å². The Kier molecular flexibility index (Phi) is 2.58. The molecule has 2 aromatic carbocycles. The van der Waals surface area contributed by atoms with Crippen LogP contribution in [0.25, 0.3) is 32.7 Å². The zero-order valence-electron chi connectivity index (χ0n) is 12.8. The molecule has 3 heterocycles. The molecule has 4 nitrogen and oxygen atoms in total. The van der Waals surface area contributed by atoms with Crippen LogP contribution in [0.4, 0.5) is 5.69 Å². The predicted molar refractivity (Wildman–Crippen MR) is 92.6 cm³/mol. The third-order valence-electron chi connectivity index (χ3n) is 4.55. The van der Waals surface area contributed by atoms with E-state index in [0.29, 0.717) is 13.3 Å². The maximum absolute atomic E-state index is 5.69. The van der Waals surface area contributed by atoms with Crippen LogP contribution in [0, 0.1) is 0 Å². The number of nitrogens with zero attached hydrogens (tertiary/aromatic N) is 3. The van der Waals surface area contributed by atoms with Crippen LogP contribution in [-0.2, 0) is 11.3 Å². The Bertz CT molecular complexity index is 1070. The smallest absolute Gasteiger partial charge is 0.119 e. The van der Waals surface area contributed by atoms with Crippen molar-refractivity contribution in [2.45, 2.75) is 6.61 Å². The van der Waals surface area contributed by atoms with Crippen LogP contribution in [-0.4, -0.2) is 23.7 Å². The van der Waals surface area contributed by atoms with Gasteiger partial charge in [0.25, 0.3) is 0 Å². The molecule has 2 aromatic heterocycles. The second kappa shape index (κ2) is 4.64. The van der Waals surface area contributed by atoms with E-state index in [9.17, 15) is 0 Å². The summed E-state index contributed by atoms with van der Waals surface area (Å²) in [5.74, 6) is 0. The average molecular weight is 301 g/mol. The first kappa shape index (κ1) is 12.8. The number of hydrogen-bond donors (Lipinski definition) is 0. The van der Waals surface area contributed by atoms with Crippen LogP contribution in [0.2, 0.25) is 0 Å². The van der Waals surface area contributed by atoms with Crippen molar-refractivity contribution in [1.82, 2.24) is 9.97 Å². The summed E-state index contributed by atoms with van der Waals surface area (Å²) < 4.78 is 5.69. The molecule has 4 aromatic rings. The molecular formula is C19H15N3O. The molecule has 0 saturated heterocycles. The zero-order chi connectivity index (χ0) is 15.4. The van der Waals surface area contributed by atoms with Gasteiger partial charge in [-0.25, -0.2) is 4.98 Å². The van der Waals surface area contributed by atoms with E-state index in [1.54, 1.807) is 0 Å². The highest BCUT2D eigenvalue weighted by atomic mass is 16.5. The van der Waals surface area contributed by atoms with Crippen LogP contribution in [0.1, 0.15) is 5.56 Å². The van der Waals surface area contributed by atoms with E-state index in [0.717, 1.165) is 32.7 Å². The van der Waals surface area contributed by atoms with Crippen molar-refractivity contribution in [3.63, 3.8) is 0 Å². The molecule has 0 radical (unpaired) electrons. The lowest BCUT2D eigenvalue weighted by molar-refractivity contribution is 0.114. The topological polar surface area (TPSA) is 38.2 Å². The normalized spacial score (nSPS) is 14.6. The van der Waals surface area contributed by atoms with Gasteiger partial charge in [-0.1, -0.05) is 12.1 Å². The molecule has 112 valence electrons. The maximum Gasteiger partial charge on any atom is 0.119 e. The van der Waals surface area contributed by atoms with Gasteiger partial charge in [-0.15, -0.1) is 0 Å². The highest BCUT2D eigenvalue weighted by Gasteiger charge is 2.18. The number of aromatic nitrogens is 2. The van der Waals surface area contributed by atoms with E-state index in [-0.39, 0.29) is 0 Å². The molecule has 4 heteroatoms. The molecule has 1 aliphatic heterocycles. The summed E-state index contributed by atoms with van der Waals surface area (Å²) >= 11 is 0. The van der Waals surface area contributed by atoms with Gasteiger partial charge in [-0.2, -0.15) is 0 Å². The number of fused-ring (bicyclic) bond motifs is 6. The van der Waals surface area contributed by atoms with Gasteiger partial charge in [0.2, 0.25) is 0 Å². The van der Waals surface area contributed by atoms with E-state index < -0.39 is 0 Å². The van der Waals surface area contributed by atoms with Gasteiger partial charge >= 0.3 is 0 Å². The Balaban J connectivity index is 1.93. The minimum absolute atomic E-state index is 0.610. The molecular weight excluding hydrogens is 286 g/mol. The highest BCUT2D eigenvalue weighted by molar-refractivity contribution is 6.08. The SMILES string of the molecule is CN1COCc2c1ccc1cc3ccc4ncccc4c3nc21. The van der Waals surface area contributed by atoms with Gasteiger partial charge in [0.05, 0.1) is 23.2 Å². The first-order valence-corrected chi connectivity index (χ1v) is 7.70. The third kappa shape index (κ3) is 1.82. The average Bonchev–Trinajstić information content (AvgIpc) is 2.60. The Morgan fingerprint density at radius 3 is 2.87 bits per heavy atom. The Labute approximate surface area is 133 Å². The molecule has 0 fully saturated rings. The highest BCUT2D eigenvalue weighted by Crippen LogP contribution is 2.33. The predicted octanol–water partition coefficient (Wildman–Crippen LogP) is 3.86. The molecule has 0 amide bonds. The fourth-order valence-electron chi connectivity index (χ4n) is 3.42. The lowest BCUT2D eigenvalue weighted by Gasteiger charge is -2.28. The molecule has 0 unspecified atom stereocenters. The van der Waals surface area contributed by atoms with E-state index in [1.165, 1.54) is 11.3 Å². The third-order valence-corrected chi connectivity index (χ3v) is 4.55. The minimum atomic E-state index is 0.610. The Hall–Kier alpha value is -2.72. The Morgan fingerprint density at radius 2 is 1.91 bits per heavy atom. The number of pyridine rings is 2. The van der Waals surface area contributed by atoms with E-state index >= 15 is 0 Å². The molecule has 23 heavy (non-hydrogen) atoms. The van der Waals surface area contributed by atoms with Crippen molar-refractivity contribution in [2.75, 3.05) is 18.7 Å². The van der Waals surface area contributed by atoms with Gasteiger partial charge in [-0.05, 0) is 30.3 Å². The van der Waals surface area contributed by atoms with Gasteiger partial charge in [0, 0.05) is 40.7 Å². The Morgan fingerprint density at radius 1 is 1.04 bits per heavy atom. The van der Waals surface area contributed by atoms with Gasteiger partial charge in [-0.3, -0.25) is 4.98 Å². The lowest BCUT2D eigenvalue weighted by atomic mass is 10.0. The van der Waals surface area contributed by atoms with E-state index in [2.05, 4.69) is 46.3 Å².